The Labute approximate surface area is 83.3 Å². The average Bonchev–Trinajstić information content (AvgIpc) is 2.20. The van der Waals surface area contributed by atoms with Crippen molar-refractivity contribution in [2.45, 2.75) is 6.92 Å². The van der Waals surface area contributed by atoms with Gasteiger partial charge in [0, 0.05) is 17.8 Å². The molecule has 0 unspecified atom stereocenters. The number of hydrogen-bond acceptors (Lipinski definition) is 2. The molecule has 0 heterocycles. The van der Waals surface area contributed by atoms with E-state index in [4.69, 9.17) is 0 Å². The molecule has 0 aliphatic carbocycles. The van der Waals surface area contributed by atoms with Crippen LogP contribution in [0, 0.1) is 6.92 Å². The average molecular weight is 190 g/mol. The number of amides is 1. The second-order valence-electron chi connectivity index (χ2n) is 2.91. The normalized spacial score (nSPS) is 9.57. The summed E-state index contributed by atoms with van der Waals surface area (Å²) in [6.45, 7) is 5.46. The molecule has 1 rings (SSSR count). The highest BCUT2D eigenvalue weighted by atomic mass is 16.1. The molecule has 0 aliphatic rings. The zero-order chi connectivity index (χ0) is 10.6. The van der Waals surface area contributed by atoms with Crippen molar-refractivity contribution in [1.82, 2.24) is 0 Å². The summed E-state index contributed by atoms with van der Waals surface area (Å²) < 4.78 is 0. The molecule has 3 heteroatoms. The lowest BCUT2D eigenvalue weighted by molar-refractivity contribution is -0.107. The zero-order valence-corrected chi connectivity index (χ0v) is 8.06. The summed E-state index contributed by atoms with van der Waals surface area (Å²) in [7, 11) is 0. The number of anilines is 1. The Hall–Kier alpha value is -1.64. The lowest BCUT2D eigenvalue weighted by Gasteiger charge is -2.14. The quantitative estimate of drug-likeness (QED) is 0.535. The maximum Gasteiger partial charge on any atom is 0.214 e. The van der Waals surface area contributed by atoms with E-state index in [2.05, 4.69) is 6.92 Å². The molecule has 0 aliphatic heterocycles. The fraction of sp³-hybridized carbons (Fsp3) is 0.182. The van der Waals surface area contributed by atoms with Crippen LogP contribution in [0.3, 0.4) is 0 Å². The van der Waals surface area contributed by atoms with E-state index >= 15 is 0 Å². The highest BCUT2D eigenvalue weighted by molar-refractivity contribution is 5.95. The lowest BCUT2D eigenvalue weighted by atomic mass is 10.1. The topological polar surface area (TPSA) is 37.4 Å². The standard InChI is InChI=1S/C11H12NO2/c1-3-12(8-13)11-6-4-5-10(7-11)9(2)14/h4-8H,1,3H2,2H3. The molecular formula is C11H12NO2. The van der Waals surface area contributed by atoms with E-state index in [-0.39, 0.29) is 5.78 Å². The molecule has 0 spiro atoms. The molecule has 14 heavy (non-hydrogen) atoms. The van der Waals surface area contributed by atoms with Gasteiger partial charge >= 0.3 is 0 Å². The highest BCUT2D eigenvalue weighted by Crippen LogP contribution is 2.14. The van der Waals surface area contributed by atoms with Crippen LogP contribution in [0.1, 0.15) is 17.3 Å². The maximum absolute atomic E-state index is 11.1. The van der Waals surface area contributed by atoms with E-state index in [0.717, 1.165) is 0 Å². The molecule has 3 nitrogen and oxygen atoms in total. The third kappa shape index (κ3) is 2.19. The summed E-state index contributed by atoms with van der Waals surface area (Å²) in [6.07, 6.45) is 0.701. The number of rotatable bonds is 4. The van der Waals surface area contributed by atoms with E-state index < -0.39 is 0 Å². The minimum Gasteiger partial charge on any atom is -0.315 e. The van der Waals surface area contributed by atoms with Crippen LogP contribution in [0.4, 0.5) is 5.69 Å². The first-order valence-electron chi connectivity index (χ1n) is 4.31. The van der Waals surface area contributed by atoms with Crippen molar-refractivity contribution in [2.75, 3.05) is 11.4 Å². The summed E-state index contributed by atoms with van der Waals surface area (Å²) >= 11 is 0. The van der Waals surface area contributed by atoms with Crippen LogP contribution >= 0.6 is 0 Å². The number of carbonyl (C=O) groups excluding carboxylic acids is 2. The minimum atomic E-state index is -0.0123. The van der Waals surface area contributed by atoms with Crippen molar-refractivity contribution < 1.29 is 9.59 Å². The Morgan fingerprint density at radius 1 is 1.57 bits per heavy atom. The zero-order valence-electron chi connectivity index (χ0n) is 8.06. The van der Waals surface area contributed by atoms with Gasteiger partial charge in [0.2, 0.25) is 6.41 Å². The number of nitrogens with zero attached hydrogens (tertiary/aromatic N) is 1. The molecule has 73 valence electrons. The molecule has 0 fully saturated rings. The van der Waals surface area contributed by atoms with Crippen LogP contribution in [0.15, 0.2) is 24.3 Å². The number of benzene rings is 1. The Morgan fingerprint density at radius 3 is 2.79 bits per heavy atom. The van der Waals surface area contributed by atoms with Gasteiger partial charge in [-0.15, -0.1) is 0 Å². The van der Waals surface area contributed by atoms with Crippen molar-refractivity contribution in [3.05, 3.63) is 36.8 Å². The predicted molar refractivity (Wildman–Crippen MR) is 55.2 cm³/mol. The molecule has 0 bridgehead atoms. The predicted octanol–water partition coefficient (Wildman–Crippen LogP) is 1.69. The largest absolute Gasteiger partial charge is 0.315 e. The molecular weight excluding hydrogens is 178 g/mol. The van der Waals surface area contributed by atoms with Gasteiger partial charge in [-0.05, 0) is 26.0 Å². The SMILES string of the molecule is [CH2]CN(C=O)c1cccc(C(C)=O)c1. The number of hydrogen-bond donors (Lipinski definition) is 0. The molecule has 1 aromatic carbocycles. The first kappa shape index (κ1) is 10.4. The van der Waals surface area contributed by atoms with Gasteiger partial charge in [0.05, 0.1) is 0 Å². The fourth-order valence-electron chi connectivity index (χ4n) is 1.15. The summed E-state index contributed by atoms with van der Waals surface area (Å²) in [5.74, 6) is -0.0123. The first-order chi connectivity index (χ1) is 6.69. The summed E-state index contributed by atoms with van der Waals surface area (Å²) in [4.78, 5) is 23.1. The molecule has 0 saturated heterocycles. The maximum atomic E-state index is 11.1. The molecule has 0 N–H and O–H groups in total. The van der Waals surface area contributed by atoms with Gasteiger partial charge in [-0.3, -0.25) is 9.59 Å². The highest BCUT2D eigenvalue weighted by Gasteiger charge is 2.04. The third-order valence-electron chi connectivity index (χ3n) is 1.95. The van der Waals surface area contributed by atoms with Gasteiger partial charge in [-0.2, -0.15) is 0 Å². The summed E-state index contributed by atoms with van der Waals surface area (Å²) in [5.41, 5.74) is 1.30. The van der Waals surface area contributed by atoms with E-state index in [1.54, 1.807) is 24.3 Å². The van der Waals surface area contributed by atoms with Crippen molar-refractivity contribution in [2.24, 2.45) is 0 Å². The molecule has 1 radical (unpaired) electrons. The fourth-order valence-corrected chi connectivity index (χ4v) is 1.15. The first-order valence-corrected chi connectivity index (χ1v) is 4.31. The lowest BCUT2D eigenvalue weighted by Crippen LogP contribution is -2.20. The molecule has 1 amide bonds. The smallest absolute Gasteiger partial charge is 0.214 e. The van der Waals surface area contributed by atoms with Gasteiger partial charge in [0.25, 0.3) is 0 Å². The van der Waals surface area contributed by atoms with Gasteiger partial charge in [0.1, 0.15) is 0 Å². The Morgan fingerprint density at radius 2 is 2.29 bits per heavy atom. The van der Waals surface area contributed by atoms with Gasteiger partial charge in [-0.25, -0.2) is 0 Å². The number of carbonyl (C=O) groups is 2. The van der Waals surface area contributed by atoms with E-state index in [1.165, 1.54) is 11.8 Å². The third-order valence-corrected chi connectivity index (χ3v) is 1.95. The number of ketones is 1. The van der Waals surface area contributed by atoms with Crippen molar-refractivity contribution in [1.29, 1.82) is 0 Å². The van der Waals surface area contributed by atoms with Crippen LogP contribution in [0.25, 0.3) is 0 Å². The second kappa shape index (κ2) is 4.56. The van der Waals surface area contributed by atoms with Crippen LogP contribution < -0.4 is 4.90 Å². The minimum absolute atomic E-state index is 0.0123. The monoisotopic (exact) mass is 190 g/mol. The molecule has 1 aromatic rings. The molecule has 0 aromatic heterocycles. The van der Waals surface area contributed by atoms with Crippen LogP contribution in [-0.2, 0) is 4.79 Å². The summed E-state index contributed by atoms with van der Waals surface area (Å²) in [5, 5.41) is 0. The van der Waals surface area contributed by atoms with Crippen LogP contribution in [-0.4, -0.2) is 18.7 Å². The van der Waals surface area contributed by atoms with E-state index in [9.17, 15) is 9.59 Å². The van der Waals surface area contributed by atoms with Crippen molar-refractivity contribution >= 4 is 17.9 Å². The van der Waals surface area contributed by atoms with Crippen molar-refractivity contribution in [3.63, 3.8) is 0 Å². The second-order valence-corrected chi connectivity index (χ2v) is 2.91. The van der Waals surface area contributed by atoms with Crippen LogP contribution in [0.2, 0.25) is 0 Å². The van der Waals surface area contributed by atoms with E-state index in [0.29, 0.717) is 24.2 Å². The Balaban J connectivity index is 3.03. The number of Topliss-reactive ketones (excluding diaryl/α,β-unsaturated/α-hetero) is 1. The Kier molecular flexibility index (Phi) is 3.40. The molecule has 0 atom stereocenters. The van der Waals surface area contributed by atoms with Gasteiger partial charge in [0.15, 0.2) is 5.78 Å². The molecule has 0 saturated carbocycles. The van der Waals surface area contributed by atoms with Crippen LogP contribution in [0.5, 0.6) is 0 Å². The Bertz CT molecular complexity index is 347. The van der Waals surface area contributed by atoms with E-state index in [1.807, 2.05) is 0 Å². The van der Waals surface area contributed by atoms with Gasteiger partial charge in [-0.1, -0.05) is 12.1 Å². The van der Waals surface area contributed by atoms with Gasteiger partial charge < -0.3 is 4.90 Å². The van der Waals surface area contributed by atoms with Crippen molar-refractivity contribution in [3.8, 4) is 0 Å². The summed E-state index contributed by atoms with van der Waals surface area (Å²) in [6, 6.07) is 6.92.